The Labute approximate surface area is 139 Å². The van der Waals surface area contributed by atoms with Gasteiger partial charge in [-0.3, -0.25) is 0 Å². The van der Waals surface area contributed by atoms with E-state index in [1.807, 2.05) is 0 Å². The van der Waals surface area contributed by atoms with Crippen molar-refractivity contribution in [1.29, 1.82) is 0 Å². The van der Waals surface area contributed by atoms with Crippen molar-refractivity contribution in [3.05, 3.63) is 23.8 Å². The Morgan fingerprint density at radius 3 is 2.67 bits per heavy atom. The zero-order chi connectivity index (χ0) is 14.1. The Bertz CT molecular complexity index is 638. The number of carboxylic acids is 1. The van der Waals surface area contributed by atoms with E-state index in [-0.39, 0.29) is 24.4 Å². The number of rotatable bonds is 3. The summed E-state index contributed by atoms with van der Waals surface area (Å²) in [7, 11) is 0. The van der Waals surface area contributed by atoms with E-state index in [0.717, 1.165) is 48.1 Å². The normalized spacial score (nSPS) is 16.0. The van der Waals surface area contributed by atoms with Gasteiger partial charge in [-0.2, -0.15) is 0 Å². The Kier molecular flexibility index (Phi) is 5.28. The van der Waals surface area contributed by atoms with Gasteiger partial charge in [0, 0.05) is 26.2 Å². The molecule has 2 heterocycles. The summed E-state index contributed by atoms with van der Waals surface area (Å²) in [6.45, 7) is 7.31. The SMILES string of the molecule is CCN1CCN(c2nc3ccc(C(=O)[O-])cc3s2)CC1.[Li+]. The first-order valence-corrected chi connectivity index (χ1v) is 7.58. The fourth-order valence-corrected chi connectivity index (χ4v) is 3.49. The van der Waals surface area contributed by atoms with E-state index >= 15 is 0 Å². The molecule has 1 saturated heterocycles. The van der Waals surface area contributed by atoms with Crippen molar-refractivity contribution >= 4 is 32.7 Å². The first kappa shape index (κ1) is 16.3. The van der Waals surface area contributed by atoms with Crippen LogP contribution in [0.15, 0.2) is 18.2 Å². The zero-order valence-electron chi connectivity index (χ0n) is 12.3. The summed E-state index contributed by atoms with van der Waals surface area (Å²) < 4.78 is 0.902. The second kappa shape index (κ2) is 6.80. The first-order valence-electron chi connectivity index (χ1n) is 6.76. The Morgan fingerprint density at radius 2 is 2.05 bits per heavy atom. The van der Waals surface area contributed by atoms with Gasteiger partial charge < -0.3 is 19.7 Å². The van der Waals surface area contributed by atoms with E-state index in [9.17, 15) is 9.90 Å². The average Bonchev–Trinajstić information content (AvgIpc) is 2.90. The van der Waals surface area contributed by atoms with Crippen LogP contribution in [0.1, 0.15) is 17.3 Å². The predicted molar refractivity (Wildman–Crippen MR) is 78.3 cm³/mol. The van der Waals surface area contributed by atoms with Crippen LogP contribution < -0.4 is 28.9 Å². The van der Waals surface area contributed by atoms with Gasteiger partial charge >= 0.3 is 18.9 Å². The quantitative estimate of drug-likeness (QED) is 0.602. The van der Waals surface area contributed by atoms with Gasteiger partial charge in [-0.25, -0.2) is 4.98 Å². The number of carboxylic acid groups (broad SMARTS) is 1. The molecule has 0 N–H and O–H groups in total. The standard InChI is InChI=1S/C14H17N3O2S.Li/c1-2-16-5-7-17(8-6-16)14-15-11-4-3-10(13(18)19)9-12(11)20-14;/h3-4,9H,2,5-8H2,1H3,(H,18,19);/q;+1/p-1. The summed E-state index contributed by atoms with van der Waals surface area (Å²) in [5.74, 6) is -1.14. The van der Waals surface area contributed by atoms with Crippen molar-refractivity contribution in [2.45, 2.75) is 6.92 Å². The van der Waals surface area contributed by atoms with Crippen LogP contribution in [0, 0.1) is 0 Å². The Balaban J connectivity index is 0.00000161. The first-order chi connectivity index (χ1) is 9.67. The summed E-state index contributed by atoms with van der Waals surface area (Å²) in [6, 6.07) is 4.95. The summed E-state index contributed by atoms with van der Waals surface area (Å²) in [5, 5.41) is 11.9. The van der Waals surface area contributed by atoms with Gasteiger partial charge in [-0.15, -0.1) is 0 Å². The van der Waals surface area contributed by atoms with Gasteiger partial charge in [0.05, 0.1) is 16.2 Å². The minimum atomic E-state index is -1.14. The van der Waals surface area contributed by atoms with Crippen molar-refractivity contribution in [1.82, 2.24) is 9.88 Å². The number of thiazole rings is 1. The molecule has 3 rings (SSSR count). The second-order valence-electron chi connectivity index (χ2n) is 4.89. The average molecular weight is 297 g/mol. The van der Waals surface area contributed by atoms with E-state index in [1.165, 1.54) is 0 Å². The number of hydrogen-bond acceptors (Lipinski definition) is 6. The number of benzene rings is 1. The third-order valence-corrected chi connectivity index (χ3v) is 4.78. The van der Waals surface area contributed by atoms with E-state index < -0.39 is 5.97 Å². The van der Waals surface area contributed by atoms with Gasteiger partial charge in [0.25, 0.3) is 0 Å². The Hall–Kier alpha value is -1.06. The molecule has 0 saturated carbocycles. The molecule has 5 nitrogen and oxygen atoms in total. The maximum Gasteiger partial charge on any atom is 1.00 e. The van der Waals surface area contributed by atoms with Crippen LogP contribution in [0.25, 0.3) is 10.2 Å². The van der Waals surface area contributed by atoms with Crippen LogP contribution >= 0.6 is 11.3 Å². The number of carbonyl (C=O) groups excluding carboxylic acids is 1. The van der Waals surface area contributed by atoms with Crippen LogP contribution in [0.3, 0.4) is 0 Å². The minimum absolute atomic E-state index is 0. The van der Waals surface area contributed by atoms with Crippen molar-refractivity contribution in [2.75, 3.05) is 37.6 Å². The van der Waals surface area contributed by atoms with Crippen molar-refractivity contribution in [2.24, 2.45) is 0 Å². The number of likely N-dealkylation sites (N-methyl/N-ethyl adjacent to an activating group) is 1. The maximum absolute atomic E-state index is 10.9. The molecule has 0 amide bonds. The molecule has 0 radical (unpaired) electrons. The third-order valence-electron chi connectivity index (χ3n) is 3.70. The molecule has 0 bridgehead atoms. The van der Waals surface area contributed by atoms with E-state index in [4.69, 9.17) is 0 Å². The Morgan fingerprint density at radius 1 is 1.33 bits per heavy atom. The molecule has 106 valence electrons. The van der Waals surface area contributed by atoms with Gasteiger partial charge in [-0.05, 0) is 24.2 Å². The molecule has 1 fully saturated rings. The molecule has 2 aromatic rings. The molecule has 0 unspecified atom stereocenters. The number of anilines is 1. The molecule has 0 atom stereocenters. The monoisotopic (exact) mass is 297 g/mol. The van der Waals surface area contributed by atoms with Crippen molar-refractivity contribution < 1.29 is 28.8 Å². The number of nitrogens with zero attached hydrogens (tertiary/aromatic N) is 3. The molecule has 7 heteroatoms. The molecular formula is C14H16LiN3O2S. The van der Waals surface area contributed by atoms with E-state index in [0.29, 0.717) is 0 Å². The van der Waals surface area contributed by atoms with Crippen molar-refractivity contribution in [3.8, 4) is 0 Å². The summed E-state index contributed by atoms with van der Waals surface area (Å²) in [4.78, 5) is 20.2. The van der Waals surface area contributed by atoms with E-state index in [2.05, 4.69) is 21.7 Å². The van der Waals surface area contributed by atoms with Crippen molar-refractivity contribution in [3.63, 3.8) is 0 Å². The fraction of sp³-hybridized carbons (Fsp3) is 0.429. The molecule has 1 aromatic carbocycles. The summed E-state index contributed by atoms with van der Waals surface area (Å²) >= 11 is 1.55. The van der Waals surface area contributed by atoms with Crippen LogP contribution in [0.2, 0.25) is 0 Å². The van der Waals surface area contributed by atoms with Crippen LogP contribution in [0.5, 0.6) is 0 Å². The number of fused-ring (bicyclic) bond motifs is 1. The largest absolute Gasteiger partial charge is 1.00 e. The van der Waals surface area contributed by atoms with Crippen LogP contribution in [0.4, 0.5) is 5.13 Å². The molecule has 21 heavy (non-hydrogen) atoms. The smallest absolute Gasteiger partial charge is 0.545 e. The third kappa shape index (κ3) is 3.41. The summed E-state index contributed by atoms with van der Waals surface area (Å²) in [6.07, 6.45) is 0. The number of aromatic carboxylic acids is 1. The number of carbonyl (C=O) groups is 1. The second-order valence-corrected chi connectivity index (χ2v) is 5.90. The maximum atomic E-state index is 10.9. The van der Waals surface area contributed by atoms with E-state index in [1.54, 1.807) is 29.5 Å². The molecule has 1 aliphatic heterocycles. The number of hydrogen-bond donors (Lipinski definition) is 0. The molecule has 0 aliphatic carbocycles. The topological polar surface area (TPSA) is 59.5 Å². The molecule has 0 spiro atoms. The predicted octanol–water partition coefficient (Wildman–Crippen LogP) is -2.19. The molecule has 1 aromatic heterocycles. The van der Waals surface area contributed by atoms with Gasteiger partial charge in [0.2, 0.25) is 0 Å². The minimum Gasteiger partial charge on any atom is -0.545 e. The number of aromatic nitrogens is 1. The molecule has 1 aliphatic rings. The summed E-state index contributed by atoms with van der Waals surface area (Å²) in [5.41, 5.74) is 1.07. The van der Waals surface area contributed by atoms with Gasteiger partial charge in [0.15, 0.2) is 5.13 Å². The van der Waals surface area contributed by atoms with Gasteiger partial charge in [0.1, 0.15) is 0 Å². The van der Waals surface area contributed by atoms with Gasteiger partial charge in [-0.1, -0.05) is 24.3 Å². The van der Waals surface area contributed by atoms with Crippen LogP contribution in [-0.4, -0.2) is 48.6 Å². The molecular weight excluding hydrogens is 281 g/mol. The van der Waals surface area contributed by atoms with Crippen LogP contribution in [-0.2, 0) is 0 Å². The number of piperazine rings is 1. The zero-order valence-corrected chi connectivity index (χ0v) is 13.2. The fourth-order valence-electron chi connectivity index (χ4n) is 2.43.